The normalized spacial score (nSPS) is 15.4. The summed E-state index contributed by atoms with van der Waals surface area (Å²) in [4.78, 5) is 12.1. The monoisotopic (exact) mass is 557 g/mol. The van der Waals surface area contributed by atoms with Crippen LogP contribution in [-0.4, -0.2) is 48.7 Å². The van der Waals surface area contributed by atoms with E-state index in [1.165, 1.54) is 16.1 Å². The van der Waals surface area contributed by atoms with Gasteiger partial charge in [-0.3, -0.25) is 4.90 Å². The molecule has 1 aromatic heterocycles. The van der Waals surface area contributed by atoms with E-state index >= 15 is 0 Å². The average molecular weight is 558 g/mol. The van der Waals surface area contributed by atoms with Crippen molar-refractivity contribution in [1.29, 1.82) is 0 Å². The van der Waals surface area contributed by atoms with Crippen LogP contribution in [-0.2, 0) is 29.8 Å². The molecular weight excluding hydrogens is 521 g/mol. The third-order valence-electron chi connectivity index (χ3n) is 5.00. The first-order chi connectivity index (χ1) is 14.5. The van der Waals surface area contributed by atoms with Crippen molar-refractivity contribution in [2.75, 3.05) is 32.8 Å². The second-order valence-electron chi connectivity index (χ2n) is 8.60. The van der Waals surface area contributed by atoms with Crippen molar-refractivity contribution in [1.82, 2.24) is 20.5 Å². The molecule has 8 heteroatoms. The summed E-state index contributed by atoms with van der Waals surface area (Å²) in [6.07, 6.45) is 0. The minimum atomic E-state index is 0. The predicted octanol–water partition coefficient (Wildman–Crippen LogP) is 4.15. The fourth-order valence-corrected chi connectivity index (χ4v) is 4.19. The second kappa shape index (κ2) is 12.7. The van der Waals surface area contributed by atoms with Gasteiger partial charge in [-0.15, -0.1) is 35.3 Å². The van der Waals surface area contributed by atoms with Crippen LogP contribution in [0.25, 0.3) is 0 Å². The lowest BCUT2D eigenvalue weighted by molar-refractivity contribution is 0.0341. The number of nitrogens with zero attached hydrogens (tertiary/aromatic N) is 3. The molecule has 0 atom stereocenters. The molecule has 172 valence electrons. The standard InChI is InChI=1S/C23H35N5OS.HI/c1-5-24-22(26-15-20-17-30-21(27-20)23(2,3)4)25-14-18-8-6-7-9-19(18)16-28-10-12-29-13-11-28;/h6-9,17H,5,10-16H2,1-4H3,(H2,24,25,26);1H. The summed E-state index contributed by atoms with van der Waals surface area (Å²) in [6.45, 7) is 15.4. The van der Waals surface area contributed by atoms with Crippen LogP contribution >= 0.6 is 35.3 Å². The zero-order valence-corrected chi connectivity index (χ0v) is 22.3. The van der Waals surface area contributed by atoms with Crippen LogP contribution in [0.3, 0.4) is 0 Å². The average Bonchev–Trinajstić information content (AvgIpc) is 3.21. The third-order valence-corrected chi connectivity index (χ3v) is 6.31. The summed E-state index contributed by atoms with van der Waals surface area (Å²) in [6, 6.07) is 8.60. The lowest BCUT2D eigenvalue weighted by atomic mass is 9.98. The quantitative estimate of drug-likeness (QED) is 0.305. The van der Waals surface area contributed by atoms with Crippen molar-refractivity contribution >= 4 is 41.3 Å². The molecule has 1 aliphatic heterocycles. The Morgan fingerprint density at radius 3 is 2.52 bits per heavy atom. The number of thiazole rings is 1. The van der Waals surface area contributed by atoms with Crippen molar-refractivity contribution in [2.45, 2.75) is 52.7 Å². The van der Waals surface area contributed by atoms with Crippen LogP contribution < -0.4 is 10.6 Å². The molecule has 31 heavy (non-hydrogen) atoms. The Morgan fingerprint density at radius 1 is 1.16 bits per heavy atom. The number of aromatic nitrogens is 1. The van der Waals surface area contributed by atoms with Crippen LogP contribution in [0.2, 0.25) is 0 Å². The molecule has 0 aliphatic carbocycles. The maximum atomic E-state index is 5.47. The molecular formula is C23H36IN5OS. The van der Waals surface area contributed by atoms with Gasteiger partial charge in [0.05, 0.1) is 37.0 Å². The van der Waals surface area contributed by atoms with E-state index in [-0.39, 0.29) is 29.4 Å². The molecule has 1 fully saturated rings. The van der Waals surface area contributed by atoms with Crippen LogP contribution in [0.1, 0.15) is 49.5 Å². The Balaban J connectivity index is 0.00000341. The highest BCUT2D eigenvalue weighted by atomic mass is 127. The van der Waals surface area contributed by atoms with Gasteiger partial charge in [0.2, 0.25) is 0 Å². The number of hydrogen-bond donors (Lipinski definition) is 2. The summed E-state index contributed by atoms with van der Waals surface area (Å²) < 4.78 is 5.47. The van der Waals surface area contributed by atoms with Gasteiger partial charge < -0.3 is 15.4 Å². The smallest absolute Gasteiger partial charge is 0.191 e. The van der Waals surface area contributed by atoms with Gasteiger partial charge in [0.15, 0.2) is 5.96 Å². The molecule has 0 bridgehead atoms. The molecule has 1 aliphatic rings. The van der Waals surface area contributed by atoms with Crippen LogP contribution in [0.15, 0.2) is 34.6 Å². The van der Waals surface area contributed by atoms with Gasteiger partial charge in [-0.1, -0.05) is 45.0 Å². The minimum Gasteiger partial charge on any atom is -0.379 e. The van der Waals surface area contributed by atoms with Crippen LogP contribution in [0, 0.1) is 0 Å². The number of rotatable bonds is 7. The zero-order chi connectivity index (χ0) is 21.4. The zero-order valence-electron chi connectivity index (χ0n) is 19.1. The Hall–Kier alpha value is -1.23. The highest BCUT2D eigenvalue weighted by molar-refractivity contribution is 14.0. The van der Waals surface area contributed by atoms with Gasteiger partial charge in [0.1, 0.15) is 0 Å². The number of nitrogens with one attached hydrogen (secondary N) is 2. The highest BCUT2D eigenvalue weighted by Crippen LogP contribution is 2.25. The molecule has 2 N–H and O–H groups in total. The Morgan fingerprint density at radius 2 is 1.87 bits per heavy atom. The van der Waals surface area contributed by atoms with Crippen LogP contribution in [0.4, 0.5) is 0 Å². The number of ether oxygens (including phenoxy) is 1. The molecule has 0 radical (unpaired) electrons. The number of morpholine rings is 1. The first-order valence-corrected chi connectivity index (χ1v) is 11.7. The molecule has 6 nitrogen and oxygen atoms in total. The number of aliphatic imine (C=N–C) groups is 1. The molecule has 0 spiro atoms. The van der Waals surface area contributed by atoms with Crippen molar-refractivity contribution in [3.63, 3.8) is 0 Å². The predicted molar refractivity (Wildman–Crippen MR) is 140 cm³/mol. The fraction of sp³-hybridized carbons (Fsp3) is 0.565. The lowest BCUT2D eigenvalue weighted by Crippen LogP contribution is -2.37. The van der Waals surface area contributed by atoms with Gasteiger partial charge in [0, 0.05) is 37.0 Å². The second-order valence-corrected chi connectivity index (χ2v) is 9.46. The van der Waals surface area contributed by atoms with Crippen molar-refractivity contribution in [3.05, 3.63) is 51.5 Å². The molecule has 2 heterocycles. The fourth-order valence-electron chi connectivity index (χ4n) is 3.28. The molecule has 1 aromatic carbocycles. The summed E-state index contributed by atoms with van der Waals surface area (Å²) >= 11 is 1.73. The first kappa shape index (κ1) is 26.0. The number of hydrogen-bond acceptors (Lipinski definition) is 5. The van der Waals surface area contributed by atoms with E-state index in [4.69, 9.17) is 14.7 Å². The molecule has 0 unspecified atom stereocenters. The topological polar surface area (TPSA) is 61.8 Å². The van der Waals surface area contributed by atoms with E-state index in [9.17, 15) is 0 Å². The summed E-state index contributed by atoms with van der Waals surface area (Å²) in [5.41, 5.74) is 3.76. The number of guanidine groups is 1. The van der Waals surface area contributed by atoms with Gasteiger partial charge in [-0.2, -0.15) is 0 Å². The van der Waals surface area contributed by atoms with E-state index in [0.29, 0.717) is 13.1 Å². The van der Waals surface area contributed by atoms with Crippen molar-refractivity contribution in [3.8, 4) is 0 Å². The molecule has 0 saturated carbocycles. The Bertz CT molecular complexity index is 827. The molecule has 3 rings (SSSR count). The maximum Gasteiger partial charge on any atom is 0.191 e. The SMILES string of the molecule is CCNC(=NCc1ccccc1CN1CCOCC1)NCc1csc(C(C)(C)C)n1.I. The molecule has 2 aromatic rings. The van der Waals surface area contributed by atoms with Gasteiger partial charge in [-0.05, 0) is 18.1 Å². The maximum absolute atomic E-state index is 5.47. The van der Waals surface area contributed by atoms with Gasteiger partial charge >= 0.3 is 0 Å². The first-order valence-electron chi connectivity index (χ1n) is 10.8. The summed E-state index contributed by atoms with van der Waals surface area (Å²) in [5.74, 6) is 0.823. The summed E-state index contributed by atoms with van der Waals surface area (Å²) in [7, 11) is 0. The van der Waals surface area contributed by atoms with Crippen LogP contribution in [0.5, 0.6) is 0 Å². The lowest BCUT2D eigenvalue weighted by Gasteiger charge is -2.27. The largest absolute Gasteiger partial charge is 0.379 e. The van der Waals surface area contributed by atoms with E-state index in [1.807, 2.05) is 0 Å². The van der Waals surface area contributed by atoms with Crippen molar-refractivity contribution < 1.29 is 4.74 Å². The van der Waals surface area contributed by atoms with Gasteiger partial charge in [-0.25, -0.2) is 9.98 Å². The van der Waals surface area contributed by atoms with E-state index in [1.54, 1.807) is 11.3 Å². The van der Waals surface area contributed by atoms with E-state index in [0.717, 1.165) is 51.0 Å². The molecule has 1 saturated heterocycles. The number of halogens is 1. The number of benzene rings is 1. The van der Waals surface area contributed by atoms with Crippen molar-refractivity contribution in [2.24, 2.45) is 4.99 Å². The van der Waals surface area contributed by atoms with Gasteiger partial charge in [0.25, 0.3) is 0 Å². The third kappa shape index (κ3) is 8.32. The summed E-state index contributed by atoms with van der Waals surface area (Å²) in [5, 5.41) is 10.1. The van der Waals surface area contributed by atoms with E-state index in [2.05, 4.69) is 72.9 Å². The minimum absolute atomic E-state index is 0. The highest BCUT2D eigenvalue weighted by Gasteiger charge is 2.18. The van der Waals surface area contributed by atoms with E-state index < -0.39 is 0 Å². The Kier molecular flexibility index (Phi) is 10.7. The molecule has 0 amide bonds. The Labute approximate surface area is 207 Å².